The van der Waals surface area contributed by atoms with E-state index in [1.807, 2.05) is 16.9 Å². The van der Waals surface area contributed by atoms with Gasteiger partial charge < -0.3 is 10.5 Å². The number of hydrogen-bond donors (Lipinski definition) is 1. The van der Waals surface area contributed by atoms with Crippen LogP contribution in [0.15, 0.2) is 12.3 Å². The van der Waals surface area contributed by atoms with Gasteiger partial charge in [-0.25, -0.2) is 0 Å². The second-order valence-electron chi connectivity index (χ2n) is 4.84. The topological polar surface area (TPSA) is 53.1 Å². The van der Waals surface area contributed by atoms with Gasteiger partial charge in [0.05, 0.1) is 6.10 Å². The van der Waals surface area contributed by atoms with Crippen LogP contribution in [0, 0.1) is 0 Å². The minimum absolute atomic E-state index is 0.500. The molecule has 0 aromatic carbocycles. The van der Waals surface area contributed by atoms with Crippen LogP contribution in [0.3, 0.4) is 0 Å². The molecule has 17 heavy (non-hydrogen) atoms. The van der Waals surface area contributed by atoms with E-state index in [0.29, 0.717) is 11.9 Å². The largest absolute Gasteiger partial charge is 0.382 e. The SMILES string of the molecule is Nc1ccn(CCCOC2CCCCCC2)n1. The Bertz CT molecular complexity index is 316. The Morgan fingerprint density at radius 2 is 2.06 bits per heavy atom. The predicted molar refractivity (Wildman–Crippen MR) is 68.7 cm³/mol. The summed E-state index contributed by atoms with van der Waals surface area (Å²) in [5, 5.41) is 4.15. The van der Waals surface area contributed by atoms with Crippen molar-refractivity contribution in [2.75, 3.05) is 12.3 Å². The van der Waals surface area contributed by atoms with E-state index in [9.17, 15) is 0 Å². The van der Waals surface area contributed by atoms with E-state index in [1.165, 1.54) is 38.5 Å². The summed E-state index contributed by atoms with van der Waals surface area (Å²) in [6, 6.07) is 1.83. The lowest BCUT2D eigenvalue weighted by Crippen LogP contribution is -2.13. The third kappa shape index (κ3) is 4.38. The molecule has 1 heterocycles. The molecule has 0 spiro atoms. The van der Waals surface area contributed by atoms with Gasteiger partial charge in [0, 0.05) is 19.3 Å². The summed E-state index contributed by atoms with van der Waals surface area (Å²) in [7, 11) is 0. The van der Waals surface area contributed by atoms with Crippen molar-refractivity contribution in [3.8, 4) is 0 Å². The molecule has 0 aliphatic heterocycles. The molecule has 1 aromatic rings. The summed E-state index contributed by atoms with van der Waals surface area (Å²) in [5.74, 6) is 0.592. The van der Waals surface area contributed by atoms with Crippen molar-refractivity contribution in [1.29, 1.82) is 0 Å². The highest BCUT2D eigenvalue weighted by Crippen LogP contribution is 2.19. The van der Waals surface area contributed by atoms with Crippen LogP contribution in [0.4, 0.5) is 5.82 Å². The average molecular weight is 237 g/mol. The lowest BCUT2D eigenvalue weighted by molar-refractivity contribution is 0.0397. The first-order chi connectivity index (χ1) is 8.34. The molecule has 2 N–H and O–H groups in total. The van der Waals surface area contributed by atoms with Crippen LogP contribution in [0.5, 0.6) is 0 Å². The number of nitrogen functional groups attached to an aromatic ring is 1. The molecular formula is C13H23N3O. The van der Waals surface area contributed by atoms with Crippen molar-refractivity contribution in [2.24, 2.45) is 0 Å². The van der Waals surface area contributed by atoms with Gasteiger partial charge in [-0.3, -0.25) is 4.68 Å². The first-order valence-corrected chi connectivity index (χ1v) is 6.75. The third-order valence-corrected chi connectivity index (χ3v) is 3.35. The van der Waals surface area contributed by atoms with Crippen LogP contribution < -0.4 is 5.73 Å². The molecule has 2 rings (SSSR count). The summed E-state index contributed by atoms with van der Waals surface area (Å²) in [6.45, 7) is 1.73. The molecule has 4 heteroatoms. The van der Waals surface area contributed by atoms with Crippen LogP contribution in [0.25, 0.3) is 0 Å². The lowest BCUT2D eigenvalue weighted by Gasteiger charge is -2.15. The maximum atomic E-state index is 5.92. The van der Waals surface area contributed by atoms with E-state index in [1.54, 1.807) is 0 Å². The van der Waals surface area contributed by atoms with E-state index in [-0.39, 0.29) is 0 Å². The molecule has 1 fully saturated rings. The average Bonchev–Trinajstić information content (AvgIpc) is 2.59. The number of nitrogens with two attached hydrogens (primary N) is 1. The quantitative estimate of drug-likeness (QED) is 0.632. The highest BCUT2D eigenvalue weighted by atomic mass is 16.5. The number of anilines is 1. The molecule has 96 valence electrons. The summed E-state index contributed by atoms with van der Waals surface area (Å²) in [6.07, 6.45) is 11.3. The maximum absolute atomic E-state index is 5.92. The molecule has 0 radical (unpaired) electrons. The number of ether oxygens (including phenoxy) is 1. The van der Waals surface area contributed by atoms with Gasteiger partial charge in [-0.2, -0.15) is 5.10 Å². The Morgan fingerprint density at radius 3 is 2.71 bits per heavy atom. The second kappa shape index (κ2) is 6.64. The van der Waals surface area contributed by atoms with Crippen molar-refractivity contribution in [2.45, 2.75) is 57.6 Å². The zero-order chi connectivity index (χ0) is 11.9. The Kier molecular flexibility index (Phi) is 4.86. The Balaban J connectivity index is 1.59. The van der Waals surface area contributed by atoms with Crippen LogP contribution >= 0.6 is 0 Å². The fourth-order valence-electron chi connectivity index (χ4n) is 2.39. The van der Waals surface area contributed by atoms with Crippen LogP contribution in [-0.2, 0) is 11.3 Å². The monoisotopic (exact) mass is 237 g/mol. The van der Waals surface area contributed by atoms with Gasteiger partial charge in [0.1, 0.15) is 5.82 Å². The van der Waals surface area contributed by atoms with Crippen molar-refractivity contribution in [3.63, 3.8) is 0 Å². The van der Waals surface area contributed by atoms with E-state index >= 15 is 0 Å². The van der Waals surface area contributed by atoms with E-state index < -0.39 is 0 Å². The van der Waals surface area contributed by atoms with Crippen molar-refractivity contribution < 1.29 is 4.74 Å². The molecule has 0 bridgehead atoms. The van der Waals surface area contributed by atoms with E-state index in [4.69, 9.17) is 10.5 Å². The van der Waals surface area contributed by atoms with Crippen molar-refractivity contribution >= 4 is 5.82 Å². The highest BCUT2D eigenvalue weighted by molar-refractivity contribution is 5.23. The van der Waals surface area contributed by atoms with Crippen molar-refractivity contribution in [3.05, 3.63) is 12.3 Å². The van der Waals surface area contributed by atoms with Gasteiger partial charge in [0.2, 0.25) is 0 Å². The van der Waals surface area contributed by atoms with Gasteiger partial charge in [-0.1, -0.05) is 25.7 Å². The fourth-order valence-corrected chi connectivity index (χ4v) is 2.39. The molecule has 1 saturated carbocycles. The molecular weight excluding hydrogens is 214 g/mol. The van der Waals surface area contributed by atoms with Gasteiger partial charge in [-0.05, 0) is 25.3 Å². The minimum atomic E-state index is 0.500. The minimum Gasteiger partial charge on any atom is -0.382 e. The number of rotatable bonds is 5. The maximum Gasteiger partial charge on any atom is 0.145 e. The fraction of sp³-hybridized carbons (Fsp3) is 0.769. The van der Waals surface area contributed by atoms with Gasteiger partial charge in [0.15, 0.2) is 0 Å². The van der Waals surface area contributed by atoms with Crippen LogP contribution in [0.1, 0.15) is 44.9 Å². The molecule has 0 atom stereocenters. The van der Waals surface area contributed by atoms with Crippen LogP contribution in [0.2, 0.25) is 0 Å². The van der Waals surface area contributed by atoms with Crippen molar-refractivity contribution in [1.82, 2.24) is 9.78 Å². The third-order valence-electron chi connectivity index (χ3n) is 3.35. The molecule has 4 nitrogen and oxygen atoms in total. The highest BCUT2D eigenvalue weighted by Gasteiger charge is 2.11. The molecule has 1 aromatic heterocycles. The Morgan fingerprint density at radius 1 is 1.29 bits per heavy atom. The van der Waals surface area contributed by atoms with Gasteiger partial charge >= 0.3 is 0 Å². The first-order valence-electron chi connectivity index (χ1n) is 6.75. The number of aryl methyl sites for hydroxylation is 1. The van der Waals surface area contributed by atoms with Gasteiger partial charge in [-0.15, -0.1) is 0 Å². The Hall–Kier alpha value is -1.03. The zero-order valence-electron chi connectivity index (χ0n) is 10.5. The summed E-state index contributed by atoms with van der Waals surface area (Å²) >= 11 is 0. The molecule has 0 amide bonds. The molecule has 0 saturated heterocycles. The molecule has 1 aliphatic carbocycles. The van der Waals surface area contributed by atoms with Crippen LogP contribution in [-0.4, -0.2) is 22.5 Å². The van der Waals surface area contributed by atoms with E-state index in [2.05, 4.69) is 5.10 Å². The summed E-state index contributed by atoms with van der Waals surface area (Å²) < 4.78 is 7.80. The normalized spacial score (nSPS) is 18.1. The first kappa shape index (κ1) is 12.4. The standard InChI is InChI=1S/C13H23N3O/c14-13-8-10-16(15-13)9-5-11-17-12-6-3-1-2-4-7-12/h8,10,12H,1-7,9,11H2,(H2,14,15). The number of nitrogens with zero attached hydrogens (tertiary/aromatic N) is 2. The van der Waals surface area contributed by atoms with Gasteiger partial charge in [0.25, 0.3) is 0 Å². The molecule has 0 unspecified atom stereocenters. The number of aromatic nitrogens is 2. The number of hydrogen-bond acceptors (Lipinski definition) is 3. The predicted octanol–water partition coefficient (Wildman–Crippen LogP) is 2.59. The van der Waals surface area contributed by atoms with E-state index in [0.717, 1.165) is 19.6 Å². The lowest BCUT2D eigenvalue weighted by atomic mass is 10.1. The molecule has 1 aliphatic rings. The smallest absolute Gasteiger partial charge is 0.145 e. The zero-order valence-corrected chi connectivity index (χ0v) is 10.5. The Labute approximate surface area is 103 Å². The summed E-state index contributed by atoms with van der Waals surface area (Å²) in [4.78, 5) is 0. The summed E-state index contributed by atoms with van der Waals surface area (Å²) in [5.41, 5.74) is 5.55. The second-order valence-corrected chi connectivity index (χ2v) is 4.84.